The highest BCUT2D eigenvalue weighted by atomic mass is 35.5. The molecule has 138 valence electrons. The van der Waals surface area contributed by atoms with E-state index in [4.69, 9.17) is 10.5 Å². The summed E-state index contributed by atoms with van der Waals surface area (Å²) in [5, 5.41) is 2.66. The first-order chi connectivity index (χ1) is 11.6. The maximum Gasteiger partial charge on any atom is 0.241 e. The molecular weight excluding hydrogens is 349 g/mol. The Kier molecular flexibility index (Phi) is 6.75. The zero-order valence-electron chi connectivity index (χ0n) is 13.9. The second-order valence-electron chi connectivity index (χ2n) is 6.28. The van der Waals surface area contributed by atoms with Gasteiger partial charge in [0.15, 0.2) is 0 Å². The van der Waals surface area contributed by atoms with Crippen LogP contribution in [0.4, 0.5) is 15.8 Å². The molecule has 0 saturated carbocycles. The number of halogens is 2. The normalized spacial score (nSPS) is 19.4. The quantitative estimate of drug-likeness (QED) is 0.848. The van der Waals surface area contributed by atoms with E-state index >= 15 is 0 Å². The highest BCUT2D eigenvalue weighted by Gasteiger charge is 2.27. The molecule has 1 aromatic rings. The highest BCUT2D eigenvalue weighted by molar-refractivity contribution is 5.97. The standard InChI is InChI=1S/C17H22FN3O3.ClH/c18-13-10-12(3-4-14(13)21-7-1-2-15(21)22)20-17(23)16(19)11-5-8-24-9-6-11;/h3-4,10-11,16H,1-2,5-9,19H2,(H,20,23);1H. The molecule has 1 aromatic carbocycles. The highest BCUT2D eigenvalue weighted by Crippen LogP contribution is 2.27. The van der Waals surface area contributed by atoms with E-state index in [2.05, 4.69) is 5.32 Å². The first-order valence-corrected chi connectivity index (χ1v) is 8.30. The van der Waals surface area contributed by atoms with Crippen molar-refractivity contribution in [2.24, 2.45) is 11.7 Å². The molecule has 0 radical (unpaired) electrons. The van der Waals surface area contributed by atoms with Crippen molar-refractivity contribution in [1.82, 2.24) is 0 Å². The Hall–Kier alpha value is -1.70. The summed E-state index contributed by atoms with van der Waals surface area (Å²) >= 11 is 0. The van der Waals surface area contributed by atoms with Crippen LogP contribution in [-0.2, 0) is 14.3 Å². The second kappa shape index (κ2) is 8.60. The smallest absolute Gasteiger partial charge is 0.241 e. The Morgan fingerprint density at radius 2 is 2.08 bits per heavy atom. The van der Waals surface area contributed by atoms with Gasteiger partial charge in [-0.1, -0.05) is 0 Å². The van der Waals surface area contributed by atoms with E-state index < -0.39 is 11.9 Å². The van der Waals surface area contributed by atoms with Crippen LogP contribution in [-0.4, -0.2) is 37.6 Å². The van der Waals surface area contributed by atoms with Crippen molar-refractivity contribution in [2.45, 2.75) is 31.7 Å². The molecule has 0 spiro atoms. The van der Waals surface area contributed by atoms with Crippen molar-refractivity contribution < 1.29 is 18.7 Å². The number of hydrogen-bond acceptors (Lipinski definition) is 4. The minimum absolute atomic E-state index is 0. The maximum absolute atomic E-state index is 14.3. The van der Waals surface area contributed by atoms with E-state index in [1.807, 2.05) is 0 Å². The number of nitrogens with zero attached hydrogens (tertiary/aromatic N) is 1. The van der Waals surface area contributed by atoms with Crippen LogP contribution in [0, 0.1) is 11.7 Å². The lowest BCUT2D eigenvalue weighted by Crippen LogP contribution is -2.44. The van der Waals surface area contributed by atoms with Crippen molar-refractivity contribution in [3.8, 4) is 0 Å². The third kappa shape index (κ3) is 4.48. The van der Waals surface area contributed by atoms with Gasteiger partial charge in [-0.25, -0.2) is 4.39 Å². The number of carbonyl (C=O) groups excluding carboxylic acids is 2. The third-order valence-corrected chi connectivity index (χ3v) is 4.66. The largest absolute Gasteiger partial charge is 0.381 e. The molecule has 6 nitrogen and oxygen atoms in total. The van der Waals surface area contributed by atoms with Gasteiger partial charge in [0, 0.05) is 31.9 Å². The molecule has 0 aliphatic carbocycles. The third-order valence-electron chi connectivity index (χ3n) is 4.66. The molecule has 2 amide bonds. The van der Waals surface area contributed by atoms with Gasteiger partial charge in [-0.05, 0) is 43.4 Å². The molecule has 3 N–H and O–H groups in total. The van der Waals surface area contributed by atoms with Gasteiger partial charge in [0.25, 0.3) is 0 Å². The van der Waals surface area contributed by atoms with E-state index in [1.54, 1.807) is 6.07 Å². The minimum atomic E-state index is -0.642. The van der Waals surface area contributed by atoms with E-state index in [-0.39, 0.29) is 35.8 Å². The summed E-state index contributed by atoms with van der Waals surface area (Å²) in [5.41, 5.74) is 6.61. The summed E-state index contributed by atoms with van der Waals surface area (Å²) in [7, 11) is 0. The predicted molar refractivity (Wildman–Crippen MR) is 95.4 cm³/mol. The van der Waals surface area contributed by atoms with E-state index in [0.29, 0.717) is 31.9 Å². The zero-order valence-corrected chi connectivity index (χ0v) is 14.7. The molecule has 8 heteroatoms. The number of benzene rings is 1. The number of rotatable bonds is 4. The van der Waals surface area contributed by atoms with Crippen LogP contribution in [0.2, 0.25) is 0 Å². The lowest BCUT2D eigenvalue weighted by Gasteiger charge is -2.26. The van der Waals surface area contributed by atoms with Crippen LogP contribution in [0.3, 0.4) is 0 Å². The number of nitrogens with two attached hydrogens (primary N) is 1. The lowest BCUT2D eigenvalue weighted by atomic mass is 9.92. The SMILES string of the molecule is Cl.NC(C(=O)Nc1ccc(N2CCCC2=O)c(F)c1)C1CCOCC1. The van der Waals surface area contributed by atoms with E-state index in [9.17, 15) is 14.0 Å². The molecule has 0 aromatic heterocycles. The summed E-state index contributed by atoms with van der Waals surface area (Å²) in [6.45, 7) is 1.74. The average Bonchev–Trinajstić information content (AvgIpc) is 3.01. The molecule has 2 aliphatic rings. The number of ether oxygens (including phenoxy) is 1. The Morgan fingerprint density at radius 1 is 1.36 bits per heavy atom. The fourth-order valence-corrected chi connectivity index (χ4v) is 3.22. The number of hydrogen-bond donors (Lipinski definition) is 2. The molecule has 1 atom stereocenters. The average molecular weight is 372 g/mol. The fourth-order valence-electron chi connectivity index (χ4n) is 3.22. The molecule has 2 aliphatic heterocycles. The van der Waals surface area contributed by atoms with Gasteiger partial charge in [0.05, 0.1) is 11.7 Å². The van der Waals surface area contributed by atoms with Crippen molar-refractivity contribution in [3.05, 3.63) is 24.0 Å². The van der Waals surface area contributed by atoms with Crippen LogP contribution in [0.25, 0.3) is 0 Å². The molecule has 2 heterocycles. The van der Waals surface area contributed by atoms with Crippen molar-refractivity contribution in [2.75, 3.05) is 30.0 Å². The van der Waals surface area contributed by atoms with Gasteiger partial charge in [-0.2, -0.15) is 0 Å². The topological polar surface area (TPSA) is 84.7 Å². The summed E-state index contributed by atoms with van der Waals surface area (Å²) in [5.74, 6) is -0.855. The van der Waals surface area contributed by atoms with Crippen LogP contribution < -0.4 is 16.0 Å². The van der Waals surface area contributed by atoms with Crippen LogP contribution in [0.15, 0.2) is 18.2 Å². The van der Waals surface area contributed by atoms with Gasteiger partial charge in [-0.3, -0.25) is 9.59 Å². The molecule has 1 unspecified atom stereocenters. The summed E-state index contributed by atoms with van der Waals surface area (Å²) in [6, 6.07) is 3.71. The minimum Gasteiger partial charge on any atom is -0.381 e. The van der Waals surface area contributed by atoms with E-state index in [0.717, 1.165) is 19.3 Å². The van der Waals surface area contributed by atoms with Gasteiger partial charge in [0.2, 0.25) is 11.8 Å². The Bertz CT molecular complexity index is 638. The summed E-state index contributed by atoms with van der Waals surface area (Å²) < 4.78 is 19.6. The lowest BCUT2D eigenvalue weighted by molar-refractivity contribution is -0.119. The van der Waals surface area contributed by atoms with Crippen molar-refractivity contribution in [1.29, 1.82) is 0 Å². The molecule has 3 rings (SSSR count). The van der Waals surface area contributed by atoms with Crippen molar-refractivity contribution in [3.63, 3.8) is 0 Å². The molecular formula is C17H23ClFN3O3. The fraction of sp³-hybridized carbons (Fsp3) is 0.529. The van der Waals surface area contributed by atoms with Crippen LogP contribution in [0.1, 0.15) is 25.7 Å². The molecule has 2 fully saturated rings. The maximum atomic E-state index is 14.3. The summed E-state index contributed by atoms with van der Waals surface area (Å²) in [6.07, 6.45) is 2.67. The monoisotopic (exact) mass is 371 g/mol. The Morgan fingerprint density at radius 3 is 2.68 bits per heavy atom. The van der Waals surface area contributed by atoms with Gasteiger partial charge in [-0.15, -0.1) is 12.4 Å². The molecule has 2 saturated heterocycles. The van der Waals surface area contributed by atoms with Crippen LogP contribution >= 0.6 is 12.4 Å². The number of amides is 2. The second-order valence-corrected chi connectivity index (χ2v) is 6.28. The number of carbonyl (C=O) groups is 2. The first kappa shape index (κ1) is 19.6. The zero-order chi connectivity index (χ0) is 17.1. The summed E-state index contributed by atoms with van der Waals surface area (Å²) in [4.78, 5) is 25.4. The predicted octanol–water partition coefficient (Wildman–Crippen LogP) is 2.07. The number of nitrogens with one attached hydrogen (secondary N) is 1. The molecule has 25 heavy (non-hydrogen) atoms. The van der Waals surface area contributed by atoms with Gasteiger partial charge in [0.1, 0.15) is 5.82 Å². The van der Waals surface area contributed by atoms with Gasteiger partial charge >= 0.3 is 0 Å². The van der Waals surface area contributed by atoms with Gasteiger partial charge < -0.3 is 20.7 Å². The first-order valence-electron chi connectivity index (χ1n) is 8.30. The molecule has 0 bridgehead atoms. The Balaban J connectivity index is 0.00000225. The van der Waals surface area contributed by atoms with Crippen LogP contribution in [0.5, 0.6) is 0 Å². The van der Waals surface area contributed by atoms with Crippen molar-refractivity contribution >= 4 is 35.6 Å². The van der Waals surface area contributed by atoms with E-state index in [1.165, 1.54) is 17.0 Å². The number of anilines is 2. The Labute approximate surface area is 152 Å².